The average molecular weight is 350 g/mol. The predicted molar refractivity (Wildman–Crippen MR) is 93.6 cm³/mol. The van der Waals surface area contributed by atoms with E-state index in [2.05, 4.69) is 17.6 Å². The first-order valence-electron chi connectivity index (χ1n) is 8.54. The zero-order valence-corrected chi connectivity index (χ0v) is 14.8. The van der Waals surface area contributed by atoms with Crippen LogP contribution in [0.2, 0.25) is 0 Å². The number of unbranched alkanes of at least 4 members (excludes halogenated alkanes) is 2. The molecule has 0 spiro atoms. The van der Waals surface area contributed by atoms with Crippen LogP contribution in [0, 0.1) is 0 Å². The van der Waals surface area contributed by atoms with Crippen LogP contribution in [-0.2, 0) is 9.53 Å². The van der Waals surface area contributed by atoms with E-state index in [-0.39, 0.29) is 0 Å². The standard InChI is InChI=1S/C18H26N2O5/c1-3-5-11-19-18(23)20-16(21)13-25-17(22)14-7-9-15(10-8-14)24-12-6-4-2/h7-10H,3-6,11-13H2,1-2H3,(H2,19,20,21,23). The summed E-state index contributed by atoms with van der Waals surface area (Å²) in [6.45, 7) is 4.67. The summed E-state index contributed by atoms with van der Waals surface area (Å²) in [5.74, 6) is -0.644. The van der Waals surface area contributed by atoms with E-state index >= 15 is 0 Å². The molecule has 0 bridgehead atoms. The summed E-state index contributed by atoms with van der Waals surface area (Å²) in [6, 6.07) is 5.89. The van der Waals surface area contributed by atoms with Crippen LogP contribution in [-0.4, -0.2) is 37.7 Å². The Morgan fingerprint density at radius 1 is 1.00 bits per heavy atom. The number of nitrogens with one attached hydrogen (secondary N) is 2. The van der Waals surface area contributed by atoms with Crippen molar-refractivity contribution in [2.45, 2.75) is 39.5 Å². The van der Waals surface area contributed by atoms with E-state index in [4.69, 9.17) is 9.47 Å². The third-order valence-electron chi connectivity index (χ3n) is 3.26. The Morgan fingerprint density at radius 2 is 1.68 bits per heavy atom. The lowest BCUT2D eigenvalue weighted by Gasteiger charge is -2.08. The molecule has 25 heavy (non-hydrogen) atoms. The molecule has 3 amide bonds. The van der Waals surface area contributed by atoms with Crippen molar-refractivity contribution >= 4 is 17.9 Å². The normalized spacial score (nSPS) is 10.0. The van der Waals surface area contributed by atoms with Crippen molar-refractivity contribution in [2.75, 3.05) is 19.8 Å². The Labute approximate surface area is 148 Å². The lowest BCUT2D eigenvalue weighted by molar-refractivity contribution is -0.123. The van der Waals surface area contributed by atoms with Crippen molar-refractivity contribution in [3.8, 4) is 5.75 Å². The van der Waals surface area contributed by atoms with Gasteiger partial charge in [0.05, 0.1) is 12.2 Å². The van der Waals surface area contributed by atoms with Gasteiger partial charge in [-0.3, -0.25) is 10.1 Å². The number of amides is 3. The molecule has 1 rings (SSSR count). The Kier molecular flexibility index (Phi) is 9.74. The predicted octanol–water partition coefficient (Wildman–Crippen LogP) is 2.65. The number of esters is 1. The van der Waals surface area contributed by atoms with E-state index in [9.17, 15) is 14.4 Å². The van der Waals surface area contributed by atoms with Gasteiger partial charge < -0.3 is 14.8 Å². The summed E-state index contributed by atoms with van der Waals surface area (Å²) >= 11 is 0. The highest BCUT2D eigenvalue weighted by atomic mass is 16.5. The Balaban J connectivity index is 2.33. The number of urea groups is 1. The molecule has 0 aliphatic heterocycles. The van der Waals surface area contributed by atoms with Crippen molar-refractivity contribution < 1.29 is 23.9 Å². The molecule has 0 unspecified atom stereocenters. The van der Waals surface area contributed by atoms with Crippen LogP contribution in [0.25, 0.3) is 0 Å². The molecule has 0 fully saturated rings. The molecule has 2 N–H and O–H groups in total. The molecule has 0 atom stereocenters. The first-order chi connectivity index (χ1) is 12.1. The van der Waals surface area contributed by atoms with Crippen LogP contribution in [0.5, 0.6) is 5.75 Å². The third-order valence-corrected chi connectivity index (χ3v) is 3.26. The van der Waals surface area contributed by atoms with Crippen LogP contribution >= 0.6 is 0 Å². The highest BCUT2D eigenvalue weighted by molar-refractivity contribution is 5.97. The molecular weight excluding hydrogens is 324 g/mol. The van der Waals surface area contributed by atoms with Gasteiger partial charge in [-0.2, -0.15) is 0 Å². The Bertz CT molecular complexity index is 557. The number of carbonyl (C=O) groups excluding carboxylic acids is 3. The summed E-state index contributed by atoms with van der Waals surface area (Å²) in [5.41, 5.74) is 0.308. The fraction of sp³-hybridized carbons (Fsp3) is 0.500. The highest BCUT2D eigenvalue weighted by Crippen LogP contribution is 2.13. The maximum Gasteiger partial charge on any atom is 0.338 e. The molecule has 0 radical (unpaired) electrons. The van der Waals surface area contributed by atoms with E-state index in [0.29, 0.717) is 24.5 Å². The second kappa shape index (κ2) is 11.9. The molecule has 0 aromatic heterocycles. The van der Waals surface area contributed by atoms with E-state index in [0.717, 1.165) is 25.7 Å². The summed E-state index contributed by atoms with van der Waals surface area (Å²) in [7, 11) is 0. The Morgan fingerprint density at radius 3 is 2.32 bits per heavy atom. The number of benzene rings is 1. The van der Waals surface area contributed by atoms with E-state index in [1.807, 2.05) is 6.92 Å². The van der Waals surface area contributed by atoms with Gasteiger partial charge in [-0.05, 0) is 37.1 Å². The zero-order chi connectivity index (χ0) is 18.5. The molecule has 1 aromatic carbocycles. The van der Waals surface area contributed by atoms with Crippen molar-refractivity contribution in [3.05, 3.63) is 29.8 Å². The van der Waals surface area contributed by atoms with Crippen LogP contribution < -0.4 is 15.4 Å². The number of hydrogen-bond donors (Lipinski definition) is 2. The molecule has 0 aliphatic carbocycles. The molecule has 138 valence electrons. The quantitative estimate of drug-likeness (QED) is 0.500. The smallest absolute Gasteiger partial charge is 0.338 e. The fourth-order valence-corrected chi connectivity index (χ4v) is 1.82. The third kappa shape index (κ3) is 8.74. The summed E-state index contributed by atoms with van der Waals surface area (Å²) in [4.78, 5) is 34.8. The second-order valence-electron chi connectivity index (χ2n) is 5.46. The van der Waals surface area contributed by atoms with Gasteiger partial charge >= 0.3 is 12.0 Å². The van der Waals surface area contributed by atoms with Gasteiger partial charge in [0.2, 0.25) is 0 Å². The first kappa shape index (κ1) is 20.5. The first-order valence-corrected chi connectivity index (χ1v) is 8.54. The van der Waals surface area contributed by atoms with Crippen LogP contribution in [0.1, 0.15) is 49.9 Å². The van der Waals surface area contributed by atoms with Crippen molar-refractivity contribution in [2.24, 2.45) is 0 Å². The number of hydrogen-bond acceptors (Lipinski definition) is 5. The highest BCUT2D eigenvalue weighted by Gasteiger charge is 2.12. The molecule has 7 nitrogen and oxygen atoms in total. The average Bonchev–Trinajstić information content (AvgIpc) is 2.60. The molecular formula is C18H26N2O5. The minimum absolute atomic E-state index is 0.308. The van der Waals surface area contributed by atoms with E-state index in [1.54, 1.807) is 24.3 Å². The SMILES string of the molecule is CCCCNC(=O)NC(=O)COC(=O)c1ccc(OCCCC)cc1. The zero-order valence-electron chi connectivity index (χ0n) is 14.8. The number of imide groups is 1. The monoisotopic (exact) mass is 350 g/mol. The molecule has 0 aliphatic rings. The summed E-state index contributed by atoms with van der Waals surface area (Å²) in [6.07, 6.45) is 3.77. The number of ether oxygens (including phenoxy) is 2. The minimum atomic E-state index is -0.679. The van der Waals surface area contributed by atoms with Gasteiger partial charge in [0, 0.05) is 6.54 Å². The molecule has 7 heteroatoms. The lowest BCUT2D eigenvalue weighted by Crippen LogP contribution is -2.41. The van der Waals surface area contributed by atoms with Crippen LogP contribution in [0.3, 0.4) is 0 Å². The van der Waals surface area contributed by atoms with E-state index < -0.39 is 24.5 Å². The minimum Gasteiger partial charge on any atom is -0.494 e. The maximum atomic E-state index is 11.9. The molecule has 0 heterocycles. The fourth-order valence-electron chi connectivity index (χ4n) is 1.82. The molecule has 0 saturated heterocycles. The van der Waals surface area contributed by atoms with Gasteiger partial charge in [0.1, 0.15) is 5.75 Å². The Hall–Kier alpha value is -2.57. The van der Waals surface area contributed by atoms with Crippen molar-refractivity contribution in [3.63, 3.8) is 0 Å². The van der Waals surface area contributed by atoms with Crippen molar-refractivity contribution in [1.29, 1.82) is 0 Å². The summed E-state index contributed by atoms with van der Waals surface area (Å²) in [5, 5.41) is 4.63. The number of carbonyl (C=O) groups is 3. The van der Waals surface area contributed by atoms with Crippen LogP contribution in [0.15, 0.2) is 24.3 Å². The van der Waals surface area contributed by atoms with Crippen LogP contribution in [0.4, 0.5) is 4.79 Å². The van der Waals surface area contributed by atoms with E-state index in [1.165, 1.54) is 0 Å². The van der Waals surface area contributed by atoms with Gasteiger partial charge in [-0.1, -0.05) is 26.7 Å². The van der Waals surface area contributed by atoms with Gasteiger partial charge in [0.15, 0.2) is 6.61 Å². The van der Waals surface area contributed by atoms with Crippen molar-refractivity contribution in [1.82, 2.24) is 10.6 Å². The van der Waals surface area contributed by atoms with Gasteiger partial charge in [-0.15, -0.1) is 0 Å². The number of rotatable bonds is 10. The molecule has 1 aromatic rings. The lowest BCUT2D eigenvalue weighted by atomic mass is 10.2. The largest absolute Gasteiger partial charge is 0.494 e. The van der Waals surface area contributed by atoms with Gasteiger partial charge in [-0.25, -0.2) is 9.59 Å². The summed E-state index contributed by atoms with van der Waals surface area (Å²) < 4.78 is 10.4. The maximum absolute atomic E-state index is 11.9. The molecule has 0 saturated carbocycles. The topological polar surface area (TPSA) is 93.7 Å². The van der Waals surface area contributed by atoms with Gasteiger partial charge in [0.25, 0.3) is 5.91 Å². The second-order valence-corrected chi connectivity index (χ2v) is 5.46.